The molecule has 1 amide bonds. The van der Waals surface area contributed by atoms with Crippen LogP contribution in [-0.4, -0.2) is 12.5 Å². The van der Waals surface area contributed by atoms with E-state index in [1.54, 1.807) is 12.1 Å². The molecule has 0 saturated heterocycles. The normalized spacial score (nSPS) is 10.9. The zero-order chi connectivity index (χ0) is 23.6. The predicted molar refractivity (Wildman–Crippen MR) is 136 cm³/mol. The number of carbonyl (C=O) groups excluding carboxylic acids is 1. The summed E-state index contributed by atoms with van der Waals surface area (Å²) >= 11 is 6.95. The highest BCUT2D eigenvalue weighted by Crippen LogP contribution is 2.35. The molecule has 33 heavy (non-hydrogen) atoms. The first-order chi connectivity index (χ1) is 16.0. The molecule has 0 heterocycles. The van der Waals surface area contributed by atoms with Gasteiger partial charge < -0.3 is 14.8 Å². The Balaban J connectivity index is 1.78. The Bertz CT molecular complexity index is 1170. The number of nitrogens with one attached hydrogen (secondary N) is 1. The van der Waals surface area contributed by atoms with Gasteiger partial charge in [0.05, 0.1) is 6.61 Å². The second-order valence-corrected chi connectivity index (χ2v) is 8.78. The van der Waals surface area contributed by atoms with E-state index in [-0.39, 0.29) is 5.57 Å². The summed E-state index contributed by atoms with van der Waals surface area (Å²) in [6.45, 7) is 3.04. The number of carbonyl (C=O) groups is 1. The minimum Gasteiger partial charge on any atom is -0.490 e. The lowest BCUT2D eigenvalue weighted by molar-refractivity contribution is -0.117. The Morgan fingerprint density at radius 1 is 1.00 bits per heavy atom. The van der Waals surface area contributed by atoms with Crippen LogP contribution in [0.25, 0.3) is 6.08 Å². The van der Waals surface area contributed by atoms with E-state index in [4.69, 9.17) is 9.47 Å². The molecule has 0 unspecified atom stereocenters. The molecule has 168 valence electrons. The van der Waals surface area contributed by atoms with Crippen LogP contribution >= 0.6 is 31.9 Å². The summed E-state index contributed by atoms with van der Waals surface area (Å²) in [7, 11) is 0. The maximum absolute atomic E-state index is 12.5. The molecule has 0 aliphatic heterocycles. The number of hydrogen-bond donors (Lipinski definition) is 1. The summed E-state index contributed by atoms with van der Waals surface area (Å²) in [6.07, 6.45) is 1.53. The van der Waals surface area contributed by atoms with E-state index in [1.807, 2.05) is 67.6 Å². The average Bonchev–Trinajstić information content (AvgIpc) is 2.83. The fraction of sp³-hybridized carbons (Fsp3) is 0.154. The molecule has 0 aromatic heterocycles. The van der Waals surface area contributed by atoms with Crippen molar-refractivity contribution in [2.24, 2.45) is 0 Å². The third-order valence-electron chi connectivity index (χ3n) is 4.63. The van der Waals surface area contributed by atoms with Crippen LogP contribution < -0.4 is 14.8 Å². The van der Waals surface area contributed by atoms with Gasteiger partial charge in [-0.3, -0.25) is 4.79 Å². The van der Waals surface area contributed by atoms with E-state index in [0.29, 0.717) is 41.3 Å². The number of nitrogens with zero attached hydrogens (tertiary/aromatic N) is 1. The molecule has 0 radical (unpaired) electrons. The molecule has 1 N–H and O–H groups in total. The van der Waals surface area contributed by atoms with Crippen molar-refractivity contribution in [3.05, 3.63) is 97.9 Å². The molecule has 0 atom stereocenters. The highest BCUT2D eigenvalue weighted by Gasteiger charge is 2.14. The average molecular weight is 570 g/mol. The lowest BCUT2D eigenvalue weighted by atomic mass is 10.1. The number of halogens is 2. The Morgan fingerprint density at radius 2 is 1.70 bits per heavy atom. The number of hydrogen-bond acceptors (Lipinski definition) is 4. The van der Waals surface area contributed by atoms with E-state index < -0.39 is 5.91 Å². The van der Waals surface area contributed by atoms with Crippen molar-refractivity contribution in [2.75, 3.05) is 6.61 Å². The quantitative estimate of drug-likeness (QED) is 0.239. The molecule has 0 bridgehead atoms. The maximum atomic E-state index is 12.5. The smallest absolute Gasteiger partial charge is 0.262 e. The molecule has 3 aromatic carbocycles. The summed E-state index contributed by atoms with van der Waals surface area (Å²) in [5.74, 6) is 0.656. The fourth-order valence-electron chi connectivity index (χ4n) is 2.96. The third kappa shape index (κ3) is 7.21. The molecular formula is C26H22Br2N2O3. The molecule has 3 aromatic rings. The number of nitriles is 1. The van der Waals surface area contributed by atoms with Crippen molar-refractivity contribution in [3.8, 4) is 17.6 Å². The van der Waals surface area contributed by atoms with Gasteiger partial charge in [-0.2, -0.15) is 5.26 Å². The van der Waals surface area contributed by atoms with E-state index >= 15 is 0 Å². The van der Waals surface area contributed by atoms with Crippen molar-refractivity contribution in [1.29, 1.82) is 5.26 Å². The highest BCUT2D eigenvalue weighted by molar-refractivity contribution is 9.10. The maximum Gasteiger partial charge on any atom is 0.262 e. The summed E-state index contributed by atoms with van der Waals surface area (Å²) in [4.78, 5) is 12.5. The predicted octanol–water partition coefficient (Wildman–Crippen LogP) is 6.41. The molecule has 0 aliphatic carbocycles. The monoisotopic (exact) mass is 568 g/mol. The van der Waals surface area contributed by atoms with Crippen LogP contribution in [-0.2, 0) is 17.9 Å². The third-order valence-corrected chi connectivity index (χ3v) is 5.85. The molecule has 3 rings (SSSR count). The fourth-order valence-corrected chi connectivity index (χ4v) is 3.66. The molecule has 7 heteroatoms. The van der Waals surface area contributed by atoms with Gasteiger partial charge in [-0.1, -0.05) is 74.3 Å². The van der Waals surface area contributed by atoms with Crippen molar-refractivity contribution in [2.45, 2.75) is 20.1 Å². The topological polar surface area (TPSA) is 71.3 Å². The molecule has 0 saturated carbocycles. The zero-order valence-electron chi connectivity index (χ0n) is 18.0. The largest absolute Gasteiger partial charge is 0.490 e. The van der Waals surface area contributed by atoms with Crippen LogP contribution in [0.1, 0.15) is 23.6 Å². The van der Waals surface area contributed by atoms with Gasteiger partial charge in [-0.15, -0.1) is 0 Å². The second-order valence-electron chi connectivity index (χ2n) is 7.01. The first-order valence-corrected chi connectivity index (χ1v) is 11.9. The Kier molecular flexibility index (Phi) is 9.11. The van der Waals surface area contributed by atoms with Gasteiger partial charge in [0.15, 0.2) is 11.5 Å². The van der Waals surface area contributed by atoms with Gasteiger partial charge in [-0.25, -0.2) is 0 Å². The highest BCUT2D eigenvalue weighted by atomic mass is 79.9. The van der Waals surface area contributed by atoms with Gasteiger partial charge in [0.25, 0.3) is 5.91 Å². The summed E-state index contributed by atoms with van der Waals surface area (Å²) in [6, 6.07) is 22.9. The second kappa shape index (κ2) is 12.2. The van der Waals surface area contributed by atoms with E-state index in [1.165, 1.54) is 6.08 Å². The van der Waals surface area contributed by atoms with Crippen molar-refractivity contribution in [1.82, 2.24) is 5.32 Å². The number of ether oxygens (including phenoxy) is 2. The lowest BCUT2D eigenvalue weighted by Gasteiger charge is -2.14. The molecule has 0 spiro atoms. The minimum atomic E-state index is -0.443. The first-order valence-electron chi connectivity index (χ1n) is 10.3. The Morgan fingerprint density at radius 3 is 2.36 bits per heavy atom. The van der Waals surface area contributed by atoms with Crippen LogP contribution in [0.15, 0.2) is 81.2 Å². The Labute approximate surface area is 210 Å². The minimum absolute atomic E-state index is 0.00221. The van der Waals surface area contributed by atoms with Crippen LogP contribution in [0.2, 0.25) is 0 Å². The lowest BCUT2D eigenvalue weighted by Crippen LogP contribution is -2.23. The van der Waals surface area contributed by atoms with Crippen molar-refractivity contribution < 1.29 is 14.3 Å². The van der Waals surface area contributed by atoms with Crippen LogP contribution in [0.5, 0.6) is 11.5 Å². The first kappa shape index (κ1) is 24.6. The number of amides is 1. The summed E-state index contributed by atoms with van der Waals surface area (Å²) in [5.41, 5.74) is 2.61. The van der Waals surface area contributed by atoms with Gasteiger partial charge >= 0.3 is 0 Å². The van der Waals surface area contributed by atoms with Crippen LogP contribution in [0.4, 0.5) is 0 Å². The number of rotatable bonds is 9. The Hall–Kier alpha value is -3.08. The van der Waals surface area contributed by atoms with E-state index in [0.717, 1.165) is 15.6 Å². The van der Waals surface area contributed by atoms with Gasteiger partial charge in [0.2, 0.25) is 0 Å². The standard InChI is InChI=1S/C26H22Br2N2O3/c1-2-32-24-13-20(12-21(15-29)26(31)30-16-18-6-4-3-5-7-18)23(28)14-25(24)33-17-19-8-10-22(27)11-9-19/h3-14H,2,16-17H2,1H3,(H,30,31)/b21-12+. The molecule has 5 nitrogen and oxygen atoms in total. The summed E-state index contributed by atoms with van der Waals surface area (Å²) in [5, 5.41) is 12.3. The van der Waals surface area contributed by atoms with Crippen molar-refractivity contribution >= 4 is 43.8 Å². The van der Waals surface area contributed by atoms with E-state index in [2.05, 4.69) is 37.2 Å². The SMILES string of the molecule is CCOc1cc(/C=C(\C#N)C(=O)NCc2ccccc2)c(Br)cc1OCc1ccc(Br)cc1. The van der Waals surface area contributed by atoms with Gasteiger partial charge in [0.1, 0.15) is 18.2 Å². The number of benzene rings is 3. The van der Waals surface area contributed by atoms with Gasteiger partial charge in [-0.05, 0) is 54.0 Å². The summed E-state index contributed by atoms with van der Waals surface area (Å²) < 4.78 is 13.4. The van der Waals surface area contributed by atoms with Crippen molar-refractivity contribution in [3.63, 3.8) is 0 Å². The zero-order valence-corrected chi connectivity index (χ0v) is 21.1. The van der Waals surface area contributed by atoms with E-state index in [9.17, 15) is 10.1 Å². The van der Waals surface area contributed by atoms with Crippen LogP contribution in [0, 0.1) is 11.3 Å². The molecule has 0 aliphatic rings. The van der Waals surface area contributed by atoms with Crippen LogP contribution in [0.3, 0.4) is 0 Å². The molecular weight excluding hydrogens is 548 g/mol. The molecule has 0 fully saturated rings. The van der Waals surface area contributed by atoms with Gasteiger partial charge in [0, 0.05) is 15.5 Å².